The second-order valence-corrected chi connectivity index (χ2v) is 8.47. The first-order chi connectivity index (χ1) is 15.8. The second kappa shape index (κ2) is 9.54. The fourth-order valence-corrected chi connectivity index (χ4v) is 4.61. The van der Waals surface area contributed by atoms with E-state index in [1.807, 2.05) is 31.2 Å². The van der Waals surface area contributed by atoms with E-state index in [1.165, 1.54) is 23.1 Å². The minimum Gasteiger partial charge on any atom is -0.325 e. The number of halogens is 3. The number of anilines is 2. The Bertz CT molecular complexity index is 1090. The Hall–Kier alpha value is -2.89. The minimum absolute atomic E-state index is 0.154. The van der Waals surface area contributed by atoms with Crippen molar-refractivity contribution in [2.45, 2.75) is 25.7 Å². The normalized spacial score (nSPS) is 20.4. The summed E-state index contributed by atoms with van der Waals surface area (Å²) in [6, 6.07) is 12.2. The average molecular weight is 478 g/mol. The van der Waals surface area contributed by atoms with Gasteiger partial charge in [-0.2, -0.15) is 13.2 Å². The van der Waals surface area contributed by atoms with Crippen LogP contribution in [0.5, 0.6) is 0 Å². The average Bonchev–Trinajstić information content (AvgIpc) is 3.26. The van der Waals surface area contributed by atoms with Gasteiger partial charge in [0.1, 0.15) is 6.17 Å². The Morgan fingerprint density at radius 3 is 2.70 bits per heavy atom. The van der Waals surface area contributed by atoms with Crippen LogP contribution >= 0.6 is 11.8 Å². The number of nitrogens with one attached hydrogen (secondary N) is 3. The minimum atomic E-state index is -4.59. The zero-order chi connectivity index (χ0) is 23.6. The molecule has 7 nitrogen and oxygen atoms in total. The third-order valence-electron chi connectivity index (χ3n) is 5.38. The lowest BCUT2D eigenvalue weighted by atomic mass is 10.0. The molecule has 1 fully saturated rings. The van der Waals surface area contributed by atoms with Gasteiger partial charge in [-0.25, -0.2) is 10.4 Å². The van der Waals surface area contributed by atoms with Crippen molar-refractivity contribution in [3.63, 3.8) is 0 Å². The standard InChI is InChI=1S/C22H22F3N5O2S/c1-2-13-7-3-6-10-17(13)30-20(32)14-11-26-29-19(14)28-21(30)33-12-18(31)27-16-9-5-4-8-15(16)22(23,24)25/h3-10,14,19,26,29H,2,11-12H2,1H3,(H,27,31). The van der Waals surface area contributed by atoms with Crippen molar-refractivity contribution in [1.29, 1.82) is 0 Å². The van der Waals surface area contributed by atoms with Gasteiger partial charge in [0.2, 0.25) is 11.8 Å². The van der Waals surface area contributed by atoms with Gasteiger partial charge in [-0.3, -0.25) is 19.9 Å². The molecule has 3 N–H and O–H groups in total. The van der Waals surface area contributed by atoms with Gasteiger partial charge >= 0.3 is 6.18 Å². The molecule has 2 aliphatic heterocycles. The number of amides is 2. The zero-order valence-corrected chi connectivity index (χ0v) is 18.5. The van der Waals surface area contributed by atoms with E-state index in [1.54, 1.807) is 0 Å². The summed E-state index contributed by atoms with van der Waals surface area (Å²) in [4.78, 5) is 32.0. The van der Waals surface area contributed by atoms with Crippen molar-refractivity contribution in [1.82, 2.24) is 10.9 Å². The van der Waals surface area contributed by atoms with Gasteiger partial charge in [0, 0.05) is 6.54 Å². The molecule has 2 unspecified atom stereocenters. The van der Waals surface area contributed by atoms with Crippen LogP contribution < -0.4 is 21.1 Å². The van der Waals surface area contributed by atoms with E-state index in [9.17, 15) is 22.8 Å². The van der Waals surface area contributed by atoms with Crippen molar-refractivity contribution in [2.75, 3.05) is 22.5 Å². The maximum Gasteiger partial charge on any atom is 0.418 e. The molecule has 2 aromatic rings. The van der Waals surface area contributed by atoms with Crippen LogP contribution in [0, 0.1) is 5.92 Å². The van der Waals surface area contributed by atoms with Gasteiger partial charge in [-0.05, 0) is 30.2 Å². The van der Waals surface area contributed by atoms with E-state index in [2.05, 4.69) is 21.2 Å². The quantitative estimate of drug-likeness (QED) is 0.615. The first-order valence-electron chi connectivity index (χ1n) is 10.4. The molecule has 11 heteroatoms. The molecule has 174 valence electrons. The lowest BCUT2D eigenvalue weighted by Crippen LogP contribution is -2.50. The Morgan fingerprint density at radius 1 is 1.21 bits per heavy atom. The molecule has 2 atom stereocenters. The number of carbonyl (C=O) groups is 2. The highest BCUT2D eigenvalue weighted by Gasteiger charge is 2.42. The first-order valence-corrected chi connectivity index (χ1v) is 11.3. The van der Waals surface area contributed by atoms with Crippen molar-refractivity contribution in [2.24, 2.45) is 10.9 Å². The number of amidine groups is 1. The smallest absolute Gasteiger partial charge is 0.325 e. The molecule has 0 bridgehead atoms. The Labute approximate surface area is 192 Å². The molecule has 4 rings (SSSR count). The summed E-state index contributed by atoms with van der Waals surface area (Å²) >= 11 is 1.01. The number of benzene rings is 2. The number of hydrazine groups is 1. The van der Waals surface area contributed by atoms with Gasteiger partial charge in [-0.1, -0.05) is 49.0 Å². The molecule has 0 saturated carbocycles. The lowest BCUT2D eigenvalue weighted by molar-refractivity contribution is -0.137. The van der Waals surface area contributed by atoms with Crippen molar-refractivity contribution < 1.29 is 22.8 Å². The number of hydrogen-bond acceptors (Lipinski definition) is 6. The molecule has 2 aliphatic rings. The third-order valence-corrected chi connectivity index (χ3v) is 6.34. The van der Waals surface area contributed by atoms with E-state index in [0.29, 0.717) is 23.8 Å². The summed E-state index contributed by atoms with van der Waals surface area (Å²) < 4.78 is 39.7. The lowest BCUT2D eigenvalue weighted by Gasteiger charge is -2.33. The van der Waals surface area contributed by atoms with Crippen molar-refractivity contribution >= 4 is 40.1 Å². The van der Waals surface area contributed by atoms with Crippen LogP contribution in [0.2, 0.25) is 0 Å². The van der Waals surface area contributed by atoms with Crippen LogP contribution in [0.4, 0.5) is 24.5 Å². The van der Waals surface area contributed by atoms with Crippen LogP contribution in [-0.4, -0.2) is 35.4 Å². The van der Waals surface area contributed by atoms with Crippen LogP contribution in [0.15, 0.2) is 53.5 Å². The van der Waals surface area contributed by atoms with Gasteiger partial charge in [0.15, 0.2) is 5.17 Å². The highest BCUT2D eigenvalue weighted by atomic mass is 32.2. The summed E-state index contributed by atoms with van der Waals surface area (Å²) in [6.45, 7) is 2.40. The number of hydrogen-bond donors (Lipinski definition) is 3. The number of aryl methyl sites for hydroxylation is 1. The highest BCUT2D eigenvalue weighted by Crippen LogP contribution is 2.35. The molecule has 33 heavy (non-hydrogen) atoms. The molecule has 2 heterocycles. The van der Waals surface area contributed by atoms with Gasteiger partial charge < -0.3 is 5.32 Å². The third kappa shape index (κ3) is 4.90. The van der Waals surface area contributed by atoms with Gasteiger partial charge in [-0.15, -0.1) is 0 Å². The number of thioether (sulfide) groups is 1. The van der Waals surface area contributed by atoms with E-state index < -0.39 is 29.7 Å². The molecule has 0 aromatic heterocycles. The van der Waals surface area contributed by atoms with Crippen LogP contribution in [0.25, 0.3) is 0 Å². The summed E-state index contributed by atoms with van der Waals surface area (Å²) in [5.41, 5.74) is 6.28. The summed E-state index contributed by atoms with van der Waals surface area (Å²) in [7, 11) is 0. The number of para-hydroxylation sites is 2. The van der Waals surface area contributed by atoms with Crippen LogP contribution in [-0.2, 0) is 22.2 Å². The SMILES string of the molecule is CCc1ccccc1N1C(=O)C2CNNC2N=C1SCC(=O)Nc1ccccc1C(F)(F)F. The maximum absolute atomic E-state index is 13.3. The van der Waals surface area contributed by atoms with E-state index in [-0.39, 0.29) is 17.3 Å². The van der Waals surface area contributed by atoms with Gasteiger partial charge in [0.05, 0.1) is 28.6 Å². The summed E-state index contributed by atoms with van der Waals surface area (Å²) in [5, 5.41) is 2.64. The monoisotopic (exact) mass is 477 g/mol. The largest absolute Gasteiger partial charge is 0.418 e. The fraction of sp³-hybridized carbons (Fsp3) is 0.318. The number of alkyl halides is 3. The number of aliphatic imine (C=N–C) groups is 1. The maximum atomic E-state index is 13.3. The van der Waals surface area contributed by atoms with Crippen LogP contribution in [0.1, 0.15) is 18.1 Å². The van der Waals surface area contributed by atoms with E-state index in [4.69, 9.17) is 0 Å². The Morgan fingerprint density at radius 2 is 1.94 bits per heavy atom. The number of carbonyl (C=O) groups excluding carboxylic acids is 2. The highest BCUT2D eigenvalue weighted by molar-refractivity contribution is 8.14. The molecular weight excluding hydrogens is 455 g/mol. The Balaban J connectivity index is 1.55. The number of rotatable bonds is 5. The molecule has 0 aliphatic carbocycles. The molecule has 0 radical (unpaired) electrons. The van der Waals surface area contributed by atoms with E-state index >= 15 is 0 Å². The van der Waals surface area contributed by atoms with Crippen LogP contribution in [0.3, 0.4) is 0 Å². The van der Waals surface area contributed by atoms with Gasteiger partial charge in [0.25, 0.3) is 0 Å². The molecule has 1 saturated heterocycles. The number of fused-ring (bicyclic) bond motifs is 1. The van der Waals surface area contributed by atoms with E-state index in [0.717, 1.165) is 23.4 Å². The molecule has 0 spiro atoms. The predicted molar refractivity (Wildman–Crippen MR) is 122 cm³/mol. The second-order valence-electron chi connectivity index (χ2n) is 7.52. The van der Waals surface area contributed by atoms with Crippen molar-refractivity contribution in [3.8, 4) is 0 Å². The predicted octanol–water partition coefficient (Wildman–Crippen LogP) is 3.39. The zero-order valence-electron chi connectivity index (χ0n) is 17.6. The number of nitrogens with zero attached hydrogens (tertiary/aromatic N) is 2. The first kappa shape index (κ1) is 23.3. The summed E-state index contributed by atoms with van der Waals surface area (Å²) in [6.07, 6.45) is -4.37. The molecular formula is C22H22F3N5O2S. The fourth-order valence-electron chi connectivity index (χ4n) is 3.77. The molecule has 2 aromatic carbocycles. The summed E-state index contributed by atoms with van der Waals surface area (Å²) in [5.74, 6) is -1.39. The Kier molecular flexibility index (Phi) is 6.73. The van der Waals surface area contributed by atoms with Crippen molar-refractivity contribution in [3.05, 3.63) is 59.7 Å². The topological polar surface area (TPSA) is 85.8 Å². The molecule has 2 amide bonds.